The lowest BCUT2D eigenvalue weighted by molar-refractivity contribution is 0.494. The molecule has 0 radical (unpaired) electrons. The van der Waals surface area contributed by atoms with Crippen LogP contribution in [0.25, 0.3) is 17.2 Å². The maximum absolute atomic E-state index is 14.1. The van der Waals surface area contributed by atoms with Gasteiger partial charge in [0, 0.05) is 16.7 Å². The first kappa shape index (κ1) is 18.2. The van der Waals surface area contributed by atoms with Crippen LogP contribution in [0.1, 0.15) is 37.3 Å². The van der Waals surface area contributed by atoms with Crippen molar-refractivity contribution >= 4 is 6.08 Å². The second-order valence-electron chi connectivity index (χ2n) is 5.53. The summed E-state index contributed by atoms with van der Waals surface area (Å²) in [6.07, 6.45) is 3.41. The van der Waals surface area contributed by atoms with Gasteiger partial charge in [0.25, 0.3) is 0 Å². The second-order valence-corrected chi connectivity index (χ2v) is 5.53. The summed E-state index contributed by atoms with van der Waals surface area (Å²) in [6.45, 7) is 5.17. The molecule has 0 heterocycles. The van der Waals surface area contributed by atoms with E-state index in [2.05, 4.69) is 6.58 Å². The molecule has 0 aliphatic heterocycles. The van der Waals surface area contributed by atoms with E-state index in [1.807, 2.05) is 6.92 Å². The minimum atomic E-state index is -1.44. The largest absolute Gasteiger partial charge is 0.207 e. The molecule has 2 rings (SSSR count). The highest BCUT2D eigenvalue weighted by molar-refractivity contribution is 5.67. The molecule has 0 N–H and O–H groups in total. The van der Waals surface area contributed by atoms with Gasteiger partial charge in [-0.15, -0.1) is 0 Å². The zero-order valence-electron chi connectivity index (χ0n) is 13.2. The van der Waals surface area contributed by atoms with Crippen LogP contribution in [0.15, 0.2) is 24.8 Å². The summed E-state index contributed by atoms with van der Waals surface area (Å²) < 4.78 is 70.0. The van der Waals surface area contributed by atoms with Crippen molar-refractivity contribution in [2.75, 3.05) is 0 Å². The third kappa shape index (κ3) is 3.50. The van der Waals surface area contributed by atoms with Gasteiger partial charge in [-0.2, -0.15) is 0 Å². The molecule has 128 valence electrons. The van der Waals surface area contributed by atoms with Crippen molar-refractivity contribution in [1.29, 1.82) is 0 Å². The zero-order valence-corrected chi connectivity index (χ0v) is 13.2. The van der Waals surface area contributed by atoms with Gasteiger partial charge in [-0.25, -0.2) is 22.0 Å². The molecule has 0 saturated carbocycles. The minimum absolute atomic E-state index is 0.101. The van der Waals surface area contributed by atoms with E-state index in [9.17, 15) is 22.0 Å². The Morgan fingerprint density at radius 1 is 0.875 bits per heavy atom. The smallest absolute Gasteiger partial charge is 0.169 e. The molecule has 5 heteroatoms. The summed E-state index contributed by atoms with van der Waals surface area (Å²) >= 11 is 0. The molecule has 0 aliphatic rings. The molecular formula is C19H17F5. The molecule has 0 fully saturated rings. The van der Waals surface area contributed by atoms with E-state index in [0.717, 1.165) is 31.1 Å². The first-order valence-corrected chi connectivity index (χ1v) is 7.68. The molecule has 0 aromatic heterocycles. The highest BCUT2D eigenvalue weighted by atomic mass is 19.2. The van der Waals surface area contributed by atoms with Gasteiger partial charge in [0.1, 0.15) is 17.5 Å². The Morgan fingerprint density at radius 2 is 1.50 bits per heavy atom. The van der Waals surface area contributed by atoms with Crippen molar-refractivity contribution in [3.8, 4) is 11.1 Å². The fourth-order valence-electron chi connectivity index (χ4n) is 2.56. The Labute approximate surface area is 137 Å². The van der Waals surface area contributed by atoms with Crippen LogP contribution in [0, 0.1) is 29.1 Å². The van der Waals surface area contributed by atoms with Crippen molar-refractivity contribution in [1.82, 2.24) is 0 Å². The van der Waals surface area contributed by atoms with E-state index in [-0.39, 0.29) is 17.5 Å². The molecule has 24 heavy (non-hydrogen) atoms. The third-order valence-electron chi connectivity index (χ3n) is 3.88. The van der Waals surface area contributed by atoms with Crippen LogP contribution in [0.4, 0.5) is 22.0 Å². The van der Waals surface area contributed by atoms with Crippen molar-refractivity contribution in [2.24, 2.45) is 0 Å². The van der Waals surface area contributed by atoms with Gasteiger partial charge >= 0.3 is 0 Å². The zero-order chi connectivity index (χ0) is 17.9. The lowest BCUT2D eigenvalue weighted by Crippen LogP contribution is -2.01. The van der Waals surface area contributed by atoms with Crippen LogP contribution in [-0.4, -0.2) is 0 Å². The van der Waals surface area contributed by atoms with E-state index in [1.165, 1.54) is 0 Å². The molecule has 0 aliphatic carbocycles. The maximum Gasteiger partial charge on any atom is 0.169 e. The van der Waals surface area contributed by atoms with E-state index in [1.54, 1.807) is 0 Å². The molecule has 0 spiro atoms. The minimum Gasteiger partial charge on any atom is -0.207 e. The molecule has 0 nitrogen and oxygen atoms in total. The molecule has 0 atom stereocenters. The van der Waals surface area contributed by atoms with Crippen molar-refractivity contribution < 1.29 is 22.0 Å². The molecule has 0 bridgehead atoms. The summed E-state index contributed by atoms with van der Waals surface area (Å²) in [5, 5.41) is 0. The predicted molar refractivity (Wildman–Crippen MR) is 85.0 cm³/mol. The Morgan fingerprint density at radius 3 is 2.04 bits per heavy atom. The Kier molecular flexibility index (Phi) is 5.75. The topological polar surface area (TPSA) is 0 Å². The Hall–Kier alpha value is -2.17. The Balaban J connectivity index is 2.49. The predicted octanol–water partition coefficient (Wildman–Crippen LogP) is 6.42. The number of rotatable bonds is 6. The molecule has 0 saturated heterocycles. The van der Waals surface area contributed by atoms with Crippen LogP contribution >= 0.6 is 0 Å². The summed E-state index contributed by atoms with van der Waals surface area (Å²) in [4.78, 5) is 0. The summed E-state index contributed by atoms with van der Waals surface area (Å²) in [5.74, 6) is -5.56. The fourth-order valence-corrected chi connectivity index (χ4v) is 2.56. The van der Waals surface area contributed by atoms with Crippen LogP contribution in [-0.2, 0) is 6.42 Å². The van der Waals surface area contributed by atoms with E-state index < -0.39 is 40.2 Å². The van der Waals surface area contributed by atoms with Crippen molar-refractivity contribution in [3.05, 3.63) is 65.0 Å². The van der Waals surface area contributed by atoms with Gasteiger partial charge in [-0.3, -0.25) is 0 Å². The van der Waals surface area contributed by atoms with Crippen LogP contribution in [0.2, 0.25) is 0 Å². The monoisotopic (exact) mass is 340 g/mol. The first-order chi connectivity index (χ1) is 11.4. The normalized spacial score (nSPS) is 10.9. The lowest BCUT2D eigenvalue weighted by Gasteiger charge is -2.11. The van der Waals surface area contributed by atoms with Crippen LogP contribution in [0.5, 0.6) is 0 Å². The van der Waals surface area contributed by atoms with Gasteiger partial charge in [0.2, 0.25) is 0 Å². The molecule has 0 amide bonds. The van der Waals surface area contributed by atoms with Crippen LogP contribution in [0.3, 0.4) is 0 Å². The van der Waals surface area contributed by atoms with Gasteiger partial charge in [0.05, 0.1) is 0 Å². The highest BCUT2D eigenvalue weighted by Crippen LogP contribution is 2.31. The van der Waals surface area contributed by atoms with E-state index in [0.29, 0.717) is 12.5 Å². The number of unbranched alkanes of at least 4 members (excludes halogenated alkanes) is 2. The Bertz CT molecular complexity index is 742. The number of hydrogen-bond donors (Lipinski definition) is 0. The fraction of sp³-hybridized carbons (Fsp3) is 0.263. The summed E-state index contributed by atoms with van der Waals surface area (Å²) in [5.41, 5.74) is -1.51. The van der Waals surface area contributed by atoms with Gasteiger partial charge in [-0.1, -0.05) is 32.4 Å². The second kappa shape index (κ2) is 7.60. The summed E-state index contributed by atoms with van der Waals surface area (Å²) in [6, 6.07) is 2.50. The SMILES string of the molecule is C=Cc1c(F)cc(-c2cc(F)c(CCCCC)c(F)c2)c(F)c1F. The number of benzene rings is 2. The van der Waals surface area contributed by atoms with E-state index in [4.69, 9.17) is 0 Å². The number of halogens is 5. The van der Waals surface area contributed by atoms with E-state index >= 15 is 0 Å². The van der Waals surface area contributed by atoms with Crippen molar-refractivity contribution in [3.63, 3.8) is 0 Å². The summed E-state index contributed by atoms with van der Waals surface area (Å²) in [7, 11) is 0. The highest BCUT2D eigenvalue weighted by Gasteiger charge is 2.20. The number of hydrogen-bond acceptors (Lipinski definition) is 0. The molecule has 2 aromatic rings. The third-order valence-corrected chi connectivity index (χ3v) is 3.88. The average Bonchev–Trinajstić information content (AvgIpc) is 2.54. The molecular weight excluding hydrogens is 323 g/mol. The lowest BCUT2D eigenvalue weighted by atomic mass is 9.98. The van der Waals surface area contributed by atoms with Crippen LogP contribution < -0.4 is 0 Å². The van der Waals surface area contributed by atoms with Gasteiger partial charge in [-0.05, 0) is 36.6 Å². The standard InChI is InChI=1S/C19H17F5/c1-3-5-6-7-13-15(20)8-11(9-16(13)21)14-10-17(22)12(4-2)18(23)19(14)24/h4,8-10H,2-3,5-7H2,1H3. The maximum atomic E-state index is 14.1. The van der Waals surface area contributed by atoms with Gasteiger partial charge in [0.15, 0.2) is 11.6 Å². The average molecular weight is 340 g/mol. The van der Waals surface area contributed by atoms with Gasteiger partial charge < -0.3 is 0 Å². The first-order valence-electron chi connectivity index (χ1n) is 7.68. The van der Waals surface area contributed by atoms with Crippen molar-refractivity contribution in [2.45, 2.75) is 32.6 Å². The molecule has 2 aromatic carbocycles. The quantitative estimate of drug-likeness (QED) is 0.323. The molecule has 0 unspecified atom stereocenters.